The Hall–Kier alpha value is -2.53. The van der Waals surface area contributed by atoms with Crippen LogP contribution in [0.5, 0.6) is 17.2 Å². The van der Waals surface area contributed by atoms with E-state index in [0.717, 1.165) is 11.1 Å². The van der Waals surface area contributed by atoms with Gasteiger partial charge in [-0.15, -0.1) is 11.6 Å². The smallest absolute Gasteiger partial charge is 0.311 e. The summed E-state index contributed by atoms with van der Waals surface area (Å²) in [5.41, 5.74) is 1.89. The van der Waals surface area contributed by atoms with Crippen molar-refractivity contribution in [3.05, 3.63) is 53.6 Å². The van der Waals surface area contributed by atoms with E-state index in [4.69, 9.17) is 30.5 Å². The molecule has 0 aliphatic carbocycles. The first-order chi connectivity index (χ1) is 19.3. The molecule has 2 aliphatic rings. The Kier molecular flexibility index (Phi) is 10.6. The zero-order valence-corrected chi connectivity index (χ0v) is 25.0. The van der Waals surface area contributed by atoms with Crippen molar-refractivity contribution in [2.45, 2.75) is 38.6 Å². The predicted molar refractivity (Wildman–Crippen MR) is 154 cm³/mol. The van der Waals surface area contributed by atoms with Crippen LogP contribution in [0.4, 0.5) is 0 Å². The standard InChI is InChI=1S/C29H39ClN2O7S/c1-4-14-32(40(34,35)17-6-13-30)16-15-31-19-24(22-9-12-25-26(18-22)39-20-38-25)27(29(33)37-5-2)28(31)21-7-10-23(36-3)11-8-21/h7-12,18,24,27-28H,4-6,13-17,19-20H2,1-3H3/t24-,27-,28+/m1/s1. The molecular weight excluding hydrogens is 556 g/mol. The average molecular weight is 595 g/mol. The van der Waals surface area contributed by atoms with E-state index in [0.29, 0.717) is 62.1 Å². The molecule has 0 bridgehead atoms. The number of fused-ring (bicyclic) bond motifs is 1. The number of ether oxygens (including phenoxy) is 4. The third kappa shape index (κ3) is 6.84. The van der Waals surface area contributed by atoms with Crippen LogP contribution < -0.4 is 14.2 Å². The van der Waals surface area contributed by atoms with Gasteiger partial charge >= 0.3 is 5.97 Å². The van der Waals surface area contributed by atoms with Gasteiger partial charge in [-0.3, -0.25) is 9.69 Å². The molecule has 9 nitrogen and oxygen atoms in total. The van der Waals surface area contributed by atoms with Crippen molar-refractivity contribution in [2.75, 3.05) is 58.3 Å². The molecule has 0 amide bonds. The minimum atomic E-state index is -3.46. The molecule has 0 N–H and O–H groups in total. The van der Waals surface area contributed by atoms with E-state index in [-0.39, 0.29) is 37.1 Å². The van der Waals surface area contributed by atoms with Gasteiger partial charge in [-0.1, -0.05) is 25.1 Å². The van der Waals surface area contributed by atoms with Gasteiger partial charge in [0.15, 0.2) is 11.5 Å². The van der Waals surface area contributed by atoms with Crippen molar-refractivity contribution in [1.82, 2.24) is 9.21 Å². The zero-order chi connectivity index (χ0) is 28.7. The SMILES string of the molecule is CCCN(CCN1C[C@H](c2ccc3c(c2)OCO3)[C@@H](C(=O)OCC)[C@@H]1c1ccc(OC)cc1)S(=O)(=O)CCCCl. The molecule has 0 unspecified atom stereocenters. The summed E-state index contributed by atoms with van der Waals surface area (Å²) in [6.07, 6.45) is 1.10. The van der Waals surface area contributed by atoms with Crippen LogP contribution in [-0.2, 0) is 19.6 Å². The van der Waals surface area contributed by atoms with Crippen LogP contribution in [0, 0.1) is 5.92 Å². The van der Waals surface area contributed by atoms with Crippen LogP contribution in [0.2, 0.25) is 0 Å². The van der Waals surface area contributed by atoms with Crippen LogP contribution in [0.3, 0.4) is 0 Å². The fourth-order valence-electron chi connectivity index (χ4n) is 5.61. The normalized spacial score (nSPS) is 20.7. The van der Waals surface area contributed by atoms with Gasteiger partial charge < -0.3 is 18.9 Å². The quantitative estimate of drug-likeness (QED) is 0.234. The Labute approximate surface area is 242 Å². The van der Waals surface area contributed by atoms with E-state index in [1.807, 2.05) is 49.4 Å². The molecule has 2 aromatic rings. The Bertz CT molecular complexity index is 1240. The van der Waals surface area contributed by atoms with Gasteiger partial charge in [-0.25, -0.2) is 12.7 Å². The minimum Gasteiger partial charge on any atom is -0.497 e. The summed E-state index contributed by atoms with van der Waals surface area (Å²) in [6, 6.07) is 13.1. The van der Waals surface area contributed by atoms with E-state index in [1.165, 1.54) is 0 Å². The number of hydrogen-bond acceptors (Lipinski definition) is 8. The van der Waals surface area contributed by atoms with E-state index in [2.05, 4.69) is 4.90 Å². The first-order valence-corrected chi connectivity index (χ1v) is 15.9. The number of carbonyl (C=O) groups excluding carboxylic acids is 1. The number of carbonyl (C=O) groups is 1. The van der Waals surface area contributed by atoms with Crippen molar-refractivity contribution in [3.8, 4) is 17.2 Å². The van der Waals surface area contributed by atoms with E-state index < -0.39 is 15.9 Å². The molecule has 2 aromatic carbocycles. The predicted octanol–water partition coefficient (Wildman–Crippen LogP) is 4.41. The molecule has 40 heavy (non-hydrogen) atoms. The highest BCUT2D eigenvalue weighted by molar-refractivity contribution is 7.89. The maximum Gasteiger partial charge on any atom is 0.311 e. The number of nitrogens with zero attached hydrogens (tertiary/aromatic N) is 2. The number of esters is 1. The molecule has 220 valence electrons. The second-order valence-electron chi connectivity index (χ2n) is 9.97. The van der Waals surface area contributed by atoms with Crippen molar-refractivity contribution in [1.29, 1.82) is 0 Å². The van der Waals surface area contributed by atoms with Gasteiger partial charge in [0.25, 0.3) is 0 Å². The lowest BCUT2D eigenvalue weighted by Crippen LogP contribution is -2.40. The monoisotopic (exact) mass is 594 g/mol. The minimum absolute atomic E-state index is 0.0175. The highest BCUT2D eigenvalue weighted by Gasteiger charge is 2.48. The Morgan fingerprint density at radius 1 is 1.07 bits per heavy atom. The molecule has 4 rings (SSSR count). The van der Waals surface area contributed by atoms with E-state index >= 15 is 0 Å². The molecule has 2 aliphatic heterocycles. The van der Waals surface area contributed by atoms with Crippen molar-refractivity contribution >= 4 is 27.6 Å². The lowest BCUT2D eigenvalue weighted by atomic mass is 9.82. The van der Waals surface area contributed by atoms with Crippen LogP contribution in [0.25, 0.3) is 0 Å². The summed E-state index contributed by atoms with van der Waals surface area (Å²) in [6.45, 7) is 5.93. The van der Waals surface area contributed by atoms with Gasteiger partial charge in [-0.05, 0) is 55.2 Å². The number of halogens is 1. The van der Waals surface area contributed by atoms with Crippen LogP contribution >= 0.6 is 11.6 Å². The summed E-state index contributed by atoms with van der Waals surface area (Å²) >= 11 is 5.80. The fourth-order valence-corrected chi connectivity index (χ4v) is 7.49. The van der Waals surface area contributed by atoms with E-state index in [9.17, 15) is 13.2 Å². The van der Waals surface area contributed by atoms with E-state index in [1.54, 1.807) is 18.3 Å². The summed E-state index contributed by atoms with van der Waals surface area (Å²) < 4.78 is 49.9. The Balaban J connectivity index is 1.70. The fraction of sp³-hybridized carbons (Fsp3) is 0.552. The van der Waals surface area contributed by atoms with Gasteiger partial charge in [0.1, 0.15) is 5.75 Å². The average Bonchev–Trinajstić information content (AvgIpc) is 3.58. The highest BCUT2D eigenvalue weighted by Crippen LogP contribution is 2.48. The highest BCUT2D eigenvalue weighted by atomic mass is 35.5. The Morgan fingerprint density at radius 3 is 2.48 bits per heavy atom. The van der Waals surface area contributed by atoms with Crippen molar-refractivity contribution in [3.63, 3.8) is 0 Å². The second kappa shape index (κ2) is 13.9. The summed E-state index contributed by atoms with van der Waals surface area (Å²) in [5.74, 6) is 1.36. The maximum absolute atomic E-state index is 13.6. The summed E-state index contributed by atoms with van der Waals surface area (Å²) in [4.78, 5) is 15.8. The molecule has 3 atom stereocenters. The van der Waals surface area contributed by atoms with Crippen LogP contribution in [0.1, 0.15) is 49.8 Å². The first-order valence-electron chi connectivity index (χ1n) is 13.8. The summed E-state index contributed by atoms with van der Waals surface area (Å²) in [5, 5.41) is 0. The number of rotatable bonds is 14. The number of hydrogen-bond donors (Lipinski definition) is 0. The van der Waals surface area contributed by atoms with Crippen LogP contribution in [0.15, 0.2) is 42.5 Å². The number of methoxy groups -OCH3 is 1. The number of sulfonamides is 1. The molecule has 1 saturated heterocycles. The molecule has 11 heteroatoms. The van der Waals surface area contributed by atoms with Crippen LogP contribution in [-0.4, -0.2) is 81.9 Å². The Morgan fingerprint density at radius 2 is 1.80 bits per heavy atom. The lowest BCUT2D eigenvalue weighted by molar-refractivity contribution is -0.149. The molecule has 0 saturated carbocycles. The first kappa shape index (κ1) is 30.4. The topological polar surface area (TPSA) is 94.6 Å². The third-order valence-electron chi connectivity index (χ3n) is 7.48. The molecular formula is C29H39ClN2O7S. The van der Waals surface area contributed by atoms with Gasteiger partial charge in [0, 0.05) is 44.0 Å². The number of alkyl halides is 1. The second-order valence-corrected chi connectivity index (χ2v) is 12.4. The molecule has 0 radical (unpaired) electrons. The largest absolute Gasteiger partial charge is 0.497 e. The molecule has 0 spiro atoms. The van der Waals surface area contributed by atoms with Gasteiger partial charge in [0.05, 0.1) is 25.4 Å². The van der Waals surface area contributed by atoms with Crippen molar-refractivity contribution < 1.29 is 32.2 Å². The molecule has 2 heterocycles. The van der Waals surface area contributed by atoms with Gasteiger partial charge in [0.2, 0.25) is 16.8 Å². The van der Waals surface area contributed by atoms with Crippen molar-refractivity contribution in [2.24, 2.45) is 5.92 Å². The zero-order valence-electron chi connectivity index (χ0n) is 23.4. The molecule has 1 fully saturated rings. The molecule has 0 aromatic heterocycles. The lowest BCUT2D eigenvalue weighted by Gasteiger charge is -2.30. The number of benzene rings is 2. The van der Waals surface area contributed by atoms with Gasteiger partial charge in [-0.2, -0.15) is 0 Å². The maximum atomic E-state index is 13.6. The number of likely N-dealkylation sites (tertiary alicyclic amines) is 1. The third-order valence-corrected chi connectivity index (χ3v) is 9.70. The summed E-state index contributed by atoms with van der Waals surface area (Å²) in [7, 11) is -1.84.